The maximum Gasteiger partial charge on any atom is 0.298 e. The van der Waals surface area contributed by atoms with E-state index in [-0.39, 0.29) is 17.8 Å². The van der Waals surface area contributed by atoms with Gasteiger partial charge in [-0.3, -0.25) is 4.79 Å². The second-order valence-corrected chi connectivity index (χ2v) is 5.96. The minimum absolute atomic E-state index is 0.0618. The van der Waals surface area contributed by atoms with Crippen LogP contribution in [0, 0.1) is 5.82 Å². The SMILES string of the molecule is C[NH+]1CCCCC1C(=O)NN=Cc1cc(Br)ccc1F. The van der Waals surface area contributed by atoms with Crippen LogP contribution in [0.1, 0.15) is 24.8 Å². The Labute approximate surface area is 126 Å². The predicted molar refractivity (Wildman–Crippen MR) is 79.2 cm³/mol. The van der Waals surface area contributed by atoms with Crippen molar-refractivity contribution >= 4 is 28.1 Å². The zero-order valence-corrected chi connectivity index (χ0v) is 12.9. The Morgan fingerprint density at radius 2 is 2.35 bits per heavy atom. The van der Waals surface area contributed by atoms with Gasteiger partial charge in [-0.15, -0.1) is 0 Å². The molecule has 1 aromatic rings. The lowest BCUT2D eigenvalue weighted by Gasteiger charge is -2.27. The predicted octanol–water partition coefficient (Wildman–Crippen LogP) is 1.11. The molecule has 0 radical (unpaired) electrons. The summed E-state index contributed by atoms with van der Waals surface area (Å²) >= 11 is 3.27. The summed E-state index contributed by atoms with van der Waals surface area (Å²) < 4.78 is 14.2. The van der Waals surface area contributed by atoms with E-state index in [0.29, 0.717) is 5.56 Å². The van der Waals surface area contributed by atoms with Crippen LogP contribution in [0.4, 0.5) is 4.39 Å². The molecule has 2 unspecified atom stereocenters. The Kier molecular flexibility index (Phi) is 5.25. The standard InChI is InChI=1S/C14H17BrFN3O/c1-19-7-3-2-4-13(19)14(20)18-17-9-10-8-11(15)5-6-12(10)16/h5-6,8-9,13H,2-4,7H2,1H3,(H,18,20)/p+1. The fourth-order valence-corrected chi connectivity index (χ4v) is 2.76. The Hall–Kier alpha value is -1.27. The van der Waals surface area contributed by atoms with Crippen molar-refractivity contribution in [1.29, 1.82) is 0 Å². The van der Waals surface area contributed by atoms with Crippen molar-refractivity contribution in [3.8, 4) is 0 Å². The molecule has 1 fully saturated rings. The third-order valence-electron chi connectivity index (χ3n) is 3.56. The molecule has 0 spiro atoms. The number of halogens is 2. The van der Waals surface area contributed by atoms with Gasteiger partial charge in [0.05, 0.1) is 19.8 Å². The van der Waals surface area contributed by atoms with E-state index in [1.807, 2.05) is 7.05 Å². The van der Waals surface area contributed by atoms with E-state index in [2.05, 4.69) is 26.5 Å². The van der Waals surface area contributed by atoms with Crippen LogP contribution in [-0.4, -0.2) is 31.8 Å². The second-order valence-electron chi connectivity index (χ2n) is 5.04. The van der Waals surface area contributed by atoms with Crippen LogP contribution < -0.4 is 10.3 Å². The number of amides is 1. The summed E-state index contributed by atoms with van der Waals surface area (Å²) in [7, 11) is 2.01. The number of hydrogen-bond donors (Lipinski definition) is 2. The highest BCUT2D eigenvalue weighted by Crippen LogP contribution is 2.13. The van der Waals surface area contributed by atoms with Crippen LogP contribution >= 0.6 is 15.9 Å². The molecule has 0 aromatic heterocycles. The van der Waals surface area contributed by atoms with Gasteiger partial charge in [0, 0.05) is 16.5 Å². The monoisotopic (exact) mass is 342 g/mol. The molecule has 1 aliphatic heterocycles. The van der Waals surface area contributed by atoms with E-state index in [4.69, 9.17) is 0 Å². The van der Waals surface area contributed by atoms with E-state index >= 15 is 0 Å². The number of nitrogens with one attached hydrogen (secondary N) is 2. The highest BCUT2D eigenvalue weighted by Gasteiger charge is 2.29. The number of carbonyl (C=O) groups is 1. The molecule has 1 saturated heterocycles. The number of carbonyl (C=O) groups excluding carboxylic acids is 1. The van der Waals surface area contributed by atoms with Gasteiger partial charge in [-0.2, -0.15) is 5.10 Å². The van der Waals surface area contributed by atoms with Crippen LogP contribution in [0.25, 0.3) is 0 Å². The molecular weight excluding hydrogens is 325 g/mol. The Morgan fingerprint density at radius 1 is 1.55 bits per heavy atom. The van der Waals surface area contributed by atoms with Gasteiger partial charge in [0.2, 0.25) is 0 Å². The zero-order valence-electron chi connectivity index (χ0n) is 11.3. The third-order valence-corrected chi connectivity index (χ3v) is 4.05. The van der Waals surface area contributed by atoms with Gasteiger partial charge in [-0.05, 0) is 31.0 Å². The van der Waals surface area contributed by atoms with Gasteiger partial charge < -0.3 is 4.90 Å². The lowest BCUT2D eigenvalue weighted by atomic mass is 10.0. The molecule has 0 saturated carbocycles. The maximum absolute atomic E-state index is 13.5. The topological polar surface area (TPSA) is 45.9 Å². The van der Waals surface area contributed by atoms with Crippen molar-refractivity contribution in [2.75, 3.05) is 13.6 Å². The first-order valence-electron chi connectivity index (χ1n) is 6.68. The molecule has 4 nitrogen and oxygen atoms in total. The van der Waals surface area contributed by atoms with Crippen LogP contribution in [-0.2, 0) is 4.79 Å². The summed E-state index contributed by atoms with van der Waals surface area (Å²) in [5.74, 6) is -0.472. The first-order chi connectivity index (χ1) is 9.58. The third kappa shape index (κ3) is 3.86. The van der Waals surface area contributed by atoms with Gasteiger partial charge in [0.25, 0.3) is 5.91 Å². The number of likely N-dealkylation sites (N-methyl/N-ethyl adjacent to an activating group) is 1. The van der Waals surface area contributed by atoms with Crippen molar-refractivity contribution in [3.63, 3.8) is 0 Å². The molecule has 108 valence electrons. The zero-order chi connectivity index (χ0) is 14.5. The van der Waals surface area contributed by atoms with Crippen molar-refractivity contribution in [3.05, 3.63) is 34.1 Å². The molecule has 0 aliphatic carbocycles. The molecule has 1 aliphatic rings. The molecule has 0 bridgehead atoms. The molecule has 20 heavy (non-hydrogen) atoms. The smallest absolute Gasteiger partial charge is 0.298 e. The molecule has 1 heterocycles. The van der Waals surface area contributed by atoms with Crippen LogP contribution in [0.15, 0.2) is 27.8 Å². The van der Waals surface area contributed by atoms with Gasteiger partial charge in [-0.25, -0.2) is 9.82 Å². The number of rotatable bonds is 3. The minimum atomic E-state index is -0.369. The first kappa shape index (κ1) is 15.1. The number of hydrazone groups is 1. The summed E-state index contributed by atoms with van der Waals surface area (Å²) in [6, 6.07) is 4.52. The van der Waals surface area contributed by atoms with Gasteiger partial charge >= 0.3 is 0 Å². The highest BCUT2D eigenvalue weighted by atomic mass is 79.9. The average Bonchev–Trinajstić information content (AvgIpc) is 2.43. The Balaban J connectivity index is 1.95. The maximum atomic E-state index is 13.5. The number of nitrogens with zero attached hydrogens (tertiary/aromatic N) is 1. The normalized spacial score (nSPS) is 22.9. The van der Waals surface area contributed by atoms with E-state index in [0.717, 1.165) is 30.3 Å². The first-order valence-corrected chi connectivity index (χ1v) is 7.47. The van der Waals surface area contributed by atoms with Gasteiger partial charge in [-0.1, -0.05) is 15.9 Å². The van der Waals surface area contributed by atoms with Gasteiger partial charge in [0.15, 0.2) is 6.04 Å². The number of quaternary nitrogens is 1. The Morgan fingerprint density at radius 3 is 3.10 bits per heavy atom. The van der Waals surface area contributed by atoms with E-state index in [1.165, 1.54) is 17.2 Å². The molecule has 2 rings (SSSR count). The Bertz CT molecular complexity index is 521. The molecule has 6 heteroatoms. The fourth-order valence-electron chi connectivity index (χ4n) is 2.38. The minimum Gasteiger partial charge on any atom is -0.327 e. The van der Waals surface area contributed by atoms with Crippen LogP contribution in [0.5, 0.6) is 0 Å². The highest BCUT2D eigenvalue weighted by molar-refractivity contribution is 9.10. The van der Waals surface area contributed by atoms with Crippen LogP contribution in [0.3, 0.4) is 0 Å². The molecular formula is C14H18BrFN3O+. The van der Waals surface area contributed by atoms with E-state index in [1.54, 1.807) is 12.1 Å². The van der Waals surface area contributed by atoms with E-state index in [9.17, 15) is 9.18 Å². The summed E-state index contributed by atoms with van der Waals surface area (Å²) in [5, 5.41) is 3.85. The summed E-state index contributed by atoms with van der Waals surface area (Å²) in [4.78, 5) is 13.2. The van der Waals surface area contributed by atoms with Crippen molar-refractivity contribution in [2.45, 2.75) is 25.3 Å². The number of likely N-dealkylation sites (tertiary alicyclic amines) is 1. The lowest BCUT2D eigenvalue weighted by Crippen LogP contribution is -3.15. The van der Waals surface area contributed by atoms with Crippen molar-refractivity contribution < 1.29 is 14.1 Å². The number of benzene rings is 1. The summed E-state index contributed by atoms with van der Waals surface area (Å²) in [6.07, 6.45) is 4.43. The number of piperidine rings is 1. The second kappa shape index (κ2) is 6.95. The fraction of sp³-hybridized carbons (Fsp3) is 0.429. The molecule has 2 atom stereocenters. The quantitative estimate of drug-likeness (QED) is 0.627. The van der Waals surface area contributed by atoms with Gasteiger partial charge in [0.1, 0.15) is 5.82 Å². The van der Waals surface area contributed by atoms with Crippen LogP contribution in [0.2, 0.25) is 0 Å². The summed E-state index contributed by atoms with van der Waals surface area (Å²) in [5.41, 5.74) is 2.84. The number of hydrogen-bond acceptors (Lipinski definition) is 2. The molecule has 1 aromatic carbocycles. The van der Waals surface area contributed by atoms with Crippen molar-refractivity contribution in [2.24, 2.45) is 5.10 Å². The summed E-state index contributed by atoms with van der Waals surface area (Å²) in [6.45, 7) is 1.00. The van der Waals surface area contributed by atoms with Crippen molar-refractivity contribution in [1.82, 2.24) is 5.43 Å². The van der Waals surface area contributed by atoms with E-state index < -0.39 is 0 Å². The molecule has 2 N–H and O–H groups in total. The molecule has 1 amide bonds. The largest absolute Gasteiger partial charge is 0.327 e. The lowest BCUT2D eigenvalue weighted by molar-refractivity contribution is -0.901. The average molecular weight is 343 g/mol.